The smallest absolute Gasteiger partial charge is 0.153 e. The Morgan fingerprint density at radius 3 is 2.56 bits per heavy atom. The highest BCUT2D eigenvalue weighted by Gasteiger charge is 2.05. The van der Waals surface area contributed by atoms with E-state index < -0.39 is 0 Å². The molecule has 2 rings (SSSR count). The SMILES string of the molecule is Cc1ccccc1Oc1cc(F)ccc1N. The van der Waals surface area contributed by atoms with Crippen LogP contribution < -0.4 is 10.5 Å². The van der Waals surface area contributed by atoms with Crippen molar-refractivity contribution >= 4 is 5.69 Å². The van der Waals surface area contributed by atoms with Gasteiger partial charge >= 0.3 is 0 Å². The molecule has 0 aliphatic heterocycles. The maximum Gasteiger partial charge on any atom is 0.153 e. The van der Waals surface area contributed by atoms with Crippen molar-refractivity contribution in [2.24, 2.45) is 0 Å². The van der Waals surface area contributed by atoms with Crippen LogP contribution >= 0.6 is 0 Å². The molecule has 16 heavy (non-hydrogen) atoms. The first kappa shape index (κ1) is 10.5. The van der Waals surface area contributed by atoms with Crippen molar-refractivity contribution in [3.63, 3.8) is 0 Å². The van der Waals surface area contributed by atoms with Crippen molar-refractivity contribution in [1.82, 2.24) is 0 Å². The Hall–Kier alpha value is -2.03. The minimum absolute atomic E-state index is 0.342. The largest absolute Gasteiger partial charge is 0.455 e. The van der Waals surface area contributed by atoms with Crippen LogP contribution in [0.3, 0.4) is 0 Å². The lowest BCUT2D eigenvalue weighted by Crippen LogP contribution is -1.94. The lowest BCUT2D eigenvalue weighted by Gasteiger charge is -2.10. The molecule has 0 saturated heterocycles. The van der Waals surface area contributed by atoms with E-state index in [1.54, 1.807) is 0 Å². The first-order valence-corrected chi connectivity index (χ1v) is 4.95. The number of hydrogen-bond acceptors (Lipinski definition) is 2. The third-order valence-electron chi connectivity index (χ3n) is 2.29. The minimum atomic E-state index is -0.363. The molecule has 0 amide bonds. The summed E-state index contributed by atoms with van der Waals surface area (Å²) in [7, 11) is 0. The van der Waals surface area contributed by atoms with Gasteiger partial charge < -0.3 is 10.5 Å². The Balaban J connectivity index is 2.34. The zero-order chi connectivity index (χ0) is 11.5. The molecule has 0 aliphatic carbocycles. The minimum Gasteiger partial charge on any atom is -0.455 e. The molecule has 0 fully saturated rings. The first-order valence-electron chi connectivity index (χ1n) is 4.95. The van der Waals surface area contributed by atoms with Crippen LogP contribution in [-0.4, -0.2) is 0 Å². The van der Waals surface area contributed by atoms with E-state index in [9.17, 15) is 4.39 Å². The third-order valence-corrected chi connectivity index (χ3v) is 2.29. The zero-order valence-corrected chi connectivity index (χ0v) is 8.91. The molecule has 0 saturated carbocycles. The van der Waals surface area contributed by atoms with E-state index in [1.807, 2.05) is 31.2 Å². The molecule has 82 valence electrons. The van der Waals surface area contributed by atoms with Gasteiger partial charge in [0.25, 0.3) is 0 Å². The Morgan fingerprint density at radius 1 is 1.06 bits per heavy atom. The zero-order valence-electron chi connectivity index (χ0n) is 8.91. The topological polar surface area (TPSA) is 35.2 Å². The maximum absolute atomic E-state index is 13.0. The molecule has 2 nitrogen and oxygen atoms in total. The molecular formula is C13H12FNO. The van der Waals surface area contributed by atoms with Crippen LogP contribution in [0.4, 0.5) is 10.1 Å². The lowest BCUT2D eigenvalue weighted by atomic mass is 10.2. The van der Waals surface area contributed by atoms with Crippen LogP contribution in [0.1, 0.15) is 5.56 Å². The normalized spacial score (nSPS) is 10.1. The maximum atomic E-state index is 13.0. The molecule has 2 aromatic carbocycles. The summed E-state index contributed by atoms with van der Waals surface area (Å²) in [5, 5.41) is 0. The van der Waals surface area contributed by atoms with Crippen LogP contribution in [0.5, 0.6) is 11.5 Å². The Kier molecular flexibility index (Phi) is 2.77. The molecule has 0 heterocycles. The number of nitrogen functional groups attached to an aromatic ring is 1. The number of para-hydroxylation sites is 1. The Bertz CT molecular complexity index is 511. The molecule has 3 heteroatoms. The van der Waals surface area contributed by atoms with Gasteiger partial charge in [-0.2, -0.15) is 0 Å². The van der Waals surface area contributed by atoms with Crippen LogP contribution in [-0.2, 0) is 0 Å². The molecule has 0 aliphatic rings. The van der Waals surface area contributed by atoms with Crippen molar-refractivity contribution in [2.75, 3.05) is 5.73 Å². The molecular weight excluding hydrogens is 205 g/mol. The van der Waals surface area contributed by atoms with E-state index in [0.717, 1.165) is 5.56 Å². The second-order valence-corrected chi connectivity index (χ2v) is 3.55. The predicted octanol–water partition coefficient (Wildman–Crippen LogP) is 3.51. The van der Waals surface area contributed by atoms with E-state index >= 15 is 0 Å². The Morgan fingerprint density at radius 2 is 1.81 bits per heavy atom. The molecule has 0 aromatic heterocycles. The second-order valence-electron chi connectivity index (χ2n) is 3.55. The third kappa shape index (κ3) is 2.14. The van der Waals surface area contributed by atoms with E-state index in [-0.39, 0.29) is 5.82 Å². The Labute approximate surface area is 93.5 Å². The van der Waals surface area contributed by atoms with Gasteiger partial charge in [-0.1, -0.05) is 18.2 Å². The summed E-state index contributed by atoms with van der Waals surface area (Å²) in [4.78, 5) is 0. The highest BCUT2D eigenvalue weighted by atomic mass is 19.1. The van der Waals surface area contributed by atoms with Gasteiger partial charge in [0.2, 0.25) is 0 Å². The number of benzene rings is 2. The number of halogens is 1. The van der Waals surface area contributed by atoms with Crippen LogP contribution in [0.15, 0.2) is 42.5 Å². The summed E-state index contributed by atoms with van der Waals surface area (Å²) in [6.45, 7) is 1.92. The molecule has 0 bridgehead atoms. The highest BCUT2D eigenvalue weighted by molar-refractivity contribution is 5.54. The van der Waals surface area contributed by atoms with E-state index in [2.05, 4.69) is 0 Å². The molecule has 2 aromatic rings. The summed E-state index contributed by atoms with van der Waals surface area (Å²) < 4.78 is 18.6. The quantitative estimate of drug-likeness (QED) is 0.781. The number of hydrogen-bond donors (Lipinski definition) is 1. The number of aryl methyl sites for hydroxylation is 1. The van der Waals surface area contributed by atoms with Crippen molar-refractivity contribution in [3.05, 3.63) is 53.8 Å². The number of rotatable bonds is 2. The van der Waals surface area contributed by atoms with Crippen molar-refractivity contribution in [3.8, 4) is 11.5 Å². The van der Waals surface area contributed by atoms with Crippen LogP contribution in [0.25, 0.3) is 0 Å². The van der Waals surface area contributed by atoms with Crippen molar-refractivity contribution < 1.29 is 9.13 Å². The number of anilines is 1. The molecule has 0 atom stereocenters. The van der Waals surface area contributed by atoms with Crippen LogP contribution in [0, 0.1) is 12.7 Å². The predicted molar refractivity (Wildman–Crippen MR) is 62.1 cm³/mol. The number of ether oxygens (including phenoxy) is 1. The van der Waals surface area contributed by atoms with Gasteiger partial charge in [-0.15, -0.1) is 0 Å². The van der Waals surface area contributed by atoms with Crippen molar-refractivity contribution in [1.29, 1.82) is 0 Å². The first-order chi connectivity index (χ1) is 7.66. The molecule has 2 N–H and O–H groups in total. The van der Waals surface area contributed by atoms with E-state index in [1.165, 1.54) is 18.2 Å². The van der Waals surface area contributed by atoms with Gasteiger partial charge in [-0.25, -0.2) is 4.39 Å². The molecule has 0 spiro atoms. The van der Waals surface area contributed by atoms with Gasteiger partial charge in [0, 0.05) is 6.07 Å². The summed E-state index contributed by atoms with van der Waals surface area (Å²) in [5.41, 5.74) is 7.09. The monoisotopic (exact) mass is 217 g/mol. The number of nitrogens with two attached hydrogens (primary N) is 1. The molecule has 0 radical (unpaired) electrons. The summed E-state index contributed by atoms with van der Waals surface area (Å²) in [6.07, 6.45) is 0. The average molecular weight is 217 g/mol. The summed E-state index contributed by atoms with van der Waals surface area (Å²) in [6, 6.07) is 11.6. The van der Waals surface area contributed by atoms with Crippen LogP contribution in [0.2, 0.25) is 0 Å². The lowest BCUT2D eigenvalue weighted by molar-refractivity contribution is 0.475. The van der Waals surface area contributed by atoms with Gasteiger partial charge in [0.1, 0.15) is 11.6 Å². The fourth-order valence-corrected chi connectivity index (χ4v) is 1.39. The van der Waals surface area contributed by atoms with Gasteiger partial charge in [0.05, 0.1) is 5.69 Å². The van der Waals surface area contributed by atoms with Gasteiger partial charge in [-0.3, -0.25) is 0 Å². The van der Waals surface area contributed by atoms with Crippen molar-refractivity contribution in [2.45, 2.75) is 6.92 Å². The highest BCUT2D eigenvalue weighted by Crippen LogP contribution is 2.29. The fourth-order valence-electron chi connectivity index (χ4n) is 1.39. The van der Waals surface area contributed by atoms with Gasteiger partial charge in [-0.05, 0) is 30.7 Å². The summed E-state index contributed by atoms with van der Waals surface area (Å²) >= 11 is 0. The summed E-state index contributed by atoms with van der Waals surface area (Å²) in [5.74, 6) is 0.659. The van der Waals surface area contributed by atoms with Gasteiger partial charge in [0.15, 0.2) is 5.75 Å². The average Bonchev–Trinajstić information content (AvgIpc) is 2.27. The van der Waals surface area contributed by atoms with E-state index in [0.29, 0.717) is 17.2 Å². The molecule has 0 unspecified atom stereocenters. The fraction of sp³-hybridized carbons (Fsp3) is 0.0769. The van der Waals surface area contributed by atoms with E-state index in [4.69, 9.17) is 10.5 Å². The second kappa shape index (κ2) is 4.23. The standard InChI is InChI=1S/C13H12FNO/c1-9-4-2-3-5-12(9)16-13-8-10(14)6-7-11(13)15/h2-8H,15H2,1H3.